The fraction of sp³-hybridized carbons (Fsp3) is 0.200. The smallest absolute Gasteiger partial charge is 0.348 e. The van der Waals surface area contributed by atoms with Gasteiger partial charge in [-0.1, -0.05) is 5.16 Å². The summed E-state index contributed by atoms with van der Waals surface area (Å²) in [5.41, 5.74) is 1.08. The number of carbonyl (C=O) groups is 1. The SMILES string of the molecule is O=C(O)C1CC(c2ccc([N+](=O)[O-])cc2)=NO1. The predicted octanol–water partition coefficient (Wildman–Crippen LogP) is 1.17. The number of hydrogen-bond acceptors (Lipinski definition) is 5. The minimum atomic E-state index is -1.08. The molecule has 0 fully saturated rings. The first-order valence-corrected chi connectivity index (χ1v) is 4.78. The van der Waals surface area contributed by atoms with E-state index >= 15 is 0 Å². The highest BCUT2D eigenvalue weighted by atomic mass is 16.7. The Morgan fingerprint density at radius 2 is 2.12 bits per heavy atom. The summed E-state index contributed by atoms with van der Waals surface area (Å²) >= 11 is 0. The van der Waals surface area contributed by atoms with Crippen molar-refractivity contribution >= 4 is 17.4 Å². The van der Waals surface area contributed by atoms with Crippen LogP contribution in [-0.2, 0) is 9.63 Å². The highest BCUT2D eigenvalue weighted by Gasteiger charge is 2.28. The Labute approximate surface area is 95.5 Å². The number of benzene rings is 1. The fourth-order valence-electron chi connectivity index (χ4n) is 1.46. The van der Waals surface area contributed by atoms with Crippen molar-refractivity contribution in [1.82, 2.24) is 0 Å². The lowest BCUT2D eigenvalue weighted by atomic mass is 10.0. The van der Waals surface area contributed by atoms with Gasteiger partial charge in [-0.3, -0.25) is 10.1 Å². The van der Waals surface area contributed by atoms with Crippen LogP contribution in [0.1, 0.15) is 12.0 Å². The normalized spacial score (nSPS) is 18.4. The molecule has 0 bridgehead atoms. The molecule has 1 aliphatic rings. The van der Waals surface area contributed by atoms with Gasteiger partial charge in [0.25, 0.3) is 5.69 Å². The van der Waals surface area contributed by atoms with Crippen LogP contribution in [0.4, 0.5) is 5.69 Å². The number of carboxylic acid groups (broad SMARTS) is 1. The second-order valence-electron chi connectivity index (χ2n) is 3.48. The Kier molecular flexibility index (Phi) is 2.73. The molecular weight excluding hydrogens is 228 g/mol. The van der Waals surface area contributed by atoms with E-state index in [4.69, 9.17) is 9.94 Å². The summed E-state index contributed by atoms with van der Waals surface area (Å²) in [6, 6.07) is 5.72. The summed E-state index contributed by atoms with van der Waals surface area (Å²) in [7, 11) is 0. The quantitative estimate of drug-likeness (QED) is 0.626. The highest BCUT2D eigenvalue weighted by molar-refractivity contribution is 6.03. The first-order chi connectivity index (χ1) is 8.08. The van der Waals surface area contributed by atoms with E-state index in [1.54, 1.807) is 0 Å². The van der Waals surface area contributed by atoms with Gasteiger partial charge >= 0.3 is 5.97 Å². The number of nitrogens with zero attached hydrogens (tertiary/aromatic N) is 2. The molecule has 1 aliphatic heterocycles. The fourth-order valence-corrected chi connectivity index (χ4v) is 1.46. The van der Waals surface area contributed by atoms with Crippen LogP contribution in [0.3, 0.4) is 0 Å². The van der Waals surface area contributed by atoms with Gasteiger partial charge in [-0.05, 0) is 17.7 Å². The number of oxime groups is 1. The van der Waals surface area contributed by atoms with Gasteiger partial charge in [0.1, 0.15) is 0 Å². The topological polar surface area (TPSA) is 102 Å². The molecule has 7 nitrogen and oxygen atoms in total. The molecule has 7 heteroatoms. The molecule has 88 valence electrons. The van der Waals surface area contributed by atoms with Crippen molar-refractivity contribution in [2.75, 3.05) is 0 Å². The third-order valence-electron chi connectivity index (χ3n) is 2.36. The van der Waals surface area contributed by atoms with E-state index in [0.29, 0.717) is 11.3 Å². The molecule has 2 rings (SSSR count). The monoisotopic (exact) mass is 236 g/mol. The summed E-state index contributed by atoms with van der Waals surface area (Å²) in [6.07, 6.45) is -0.812. The van der Waals surface area contributed by atoms with Gasteiger partial charge in [-0.25, -0.2) is 4.79 Å². The molecule has 1 N–H and O–H groups in total. The maximum Gasteiger partial charge on any atom is 0.348 e. The van der Waals surface area contributed by atoms with Gasteiger partial charge in [-0.2, -0.15) is 0 Å². The lowest BCUT2D eigenvalue weighted by Crippen LogP contribution is -2.19. The van der Waals surface area contributed by atoms with Crippen LogP contribution < -0.4 is 0 Å². The molecule has 0 spiro atoms. The Hall–Kier alpha value is -2.44. The first-order valence-electron chi connectivity index (χ1n) is 4.78. The molecule has 0 amide bonds. The average molecular weight is 236 g/mol. The van der Waals surface area contributed by atoms with Crippen LogP contribution in [0, 0.1) is 10.1 Å². The lowest BCUT2D eigenvalue weighted by molar-refractivity contribution is -0.384. The maximum atomic E-state index is 10.6. The number of nitro benzene ring substituents is 1. The minimum absolute atomic E-state index is 0.0250. The molecular formula is C10H8N2O5. The van der Waals surface area contributed by atoms with Crippen molar-refractivity contribution in [1.29, 1.82) is 0 Å². The zero-order chi connectivity index (χ0) is 12.4. The summed E-state index contributed by atoms with van der Waals surface area (Å²) in [5.74, 6) is -1.08. The molecule has 1 aromatic rings. The lowest BCUT2D eigenvalue weighted by Gasteiger charge is -2.00. The Morgan fingerprint density at radius 3 is 2.59 bits per heavy atom. The predicted molar refractivity (Wildman–Crippen MR) is 56.8 cm³/mol. The van der Waals surface area contributed by atoms with Gasteiger partial charge in [0, 0.05) is 18.6 Å². The second-order valence-corrected chi connectivity index (χ2v) is 3.48. The van der Waals surface area contributed by atoms with Crippen LogP contribution in [-0.4, -0.2) is 27.8 Å². The molecule has 0 saturated carbocycles. The molecule has 1 atom stereocenters. The summed E-state index contributed by atoms with van der Waals surface area (Å²) in [4.78, 5) is 25.3. The van der Waals surface area contributed by atoms with E-state index in [1.807, 2.05) is 0 Å². The average Bonchev–Trinajstić information content (AvgIpc) is 2.78. The van der Waals surface area contributed by atoms with Gasteiger partial charge < -0.3 is 9.94 Å². The molecule has 1 heterocycles. The zero-order valence-electron chi connectivity index (χ0n) is 8.57. The highest BCUT2D eigenvalue weighted by Crippen LogP contribution is 2.19. The standard InChI is InChI=1S/C10H8N2O5/c13-10(14)9-5-8(11-17-9)6-1-3-7(4-2-6)12(15)16/h1-4,9H,5H2,(H,13,14). The van der Waals surface area contributed by atoms with Crippen LogP contribution in [0.25, 0.3) is 0 Å². The van der Waals surface area contributed by atoms with Crippen molar-refractivity contribution < 1.29 is 19.7 Å². The summed E-state index contributed by atoms with van der Waals surface area (Å²) in [5, 5.41) is 22.8. The van der Waals surface area contributed by atoms with E-state index in [9.17, 15) is 14.9 Å². The molecule has 1 aromatic carbocycles. The maximum absolute atomic E-state index is 10.6. The van der Waals surface area contributed by atoms with Crippen LogP contribution in [0.15, 0.2) is 29.4 Å². The van der Waals surface area contributed by atoms with Crippen molar-refractivity contribution in [3.63, 3.8) is 0 Å². The molecule has 17 heavy (non-hydrogen) atoms. The minimum Gasteiger partial charge on any atom is -0.478 e. The van der Waals surface area contributed by atoms with Crippen molar-refractivity contribution in [3.8, 4) is 0 Å². The Morgan fingerprint density at radius 1 is 1.47 bits per heavy atom. The van der Waals surface area contributed by atoms with Crippen molar-refractivity contribution in [3.05, 3.63) is 39.9 Å². The Bertz CT molecular complexity index is 494. The number of nitro groups is 1. The number of rotatable bonds is 3. The number of carboxylic acids is 1. The number of hydrogen-bond donors (Lipinski definition) is 1. The largest absolute Gasteiger partial charge is 0.478 e. The third-order valence-corrected chi connectivity index (χ3v) is 2.36. The van der Waals surface area contributed by atoms with E-state index in [0.717, 1.165) is 0 Å². The zero-order valence-corrected chi connectivity index (χ0v) is 8.57. The molecule has 0 radical (unpaired) electrons. The van der Waals surface area contributed by atoms with E-state index in [2.05, 4.69) is 5.16 Å². The third kappa shape index (κ3) is 2.22. The second kappa shape index (κ2) is 4.20. The van der Waals surface area contributed by atoms with Crippen LogP contribution in [0.2, 0.25) is 0 Å². The van der Waals surface area contributed by atoms with E-state index in [-0.39, 0.29) is 12.1 Å². The van der Waals surface area contributed by atoms with Crippen LogP contribution in [0.5, 0.6) is 0 Å². The van der Waals surface area contributed by atoms with Gasteiger partial charge in [0.2, 0.25) is 6.10 Å². The van der Waals surface area contributed by atoms with E-state index < -0.39 is 17.0 Å². The number of non-ortho nitro benzene ring substituents is 1. The van der Waals surface area contributed by atoms with Gasteiger partial charge in [-0.15, -0.1) is 0 Å². The van der Waals surface area contributed by atoms with E-state index in [1.165, 1.54) is 24.3 Å². The molecule has 0 saturated heterocycles. The van der Waals surface area contributed by atoms with Gasteiger partial charge in [0.15, 0.2) is 0 Å². The van der Waals surface area contributed by atoms with Crippen LogP contribution >= 0.6 is 0 Å². The first kappa shape index (κ1) is 11.1. The molecule has 0 aromatic heterocycles. The Balaban J connectivity index is 2.14. The molecule has 0 aliphatic carbocycles. The summed E-state index contributed by atoms with van der Waals surface area (Å²) in [6.45, 7) is 0. The molecule has 1 unspecified atom stereocenters. The van der Waals surface area contributed by atoms with Gasteiger partial charge in [0.05, 0.1) is 10.6 Å². The summed E-state index contributed by atoms with van der Waals surface area (Å²) < 4.78 is 0. The van der Waals surface area contributed by atoms with Crippen molar-refractivity contribution in [2.45, 2.75) is 12.5 Å². The van der Waals surface area contributed by atoms with Crippen molar-refractivity contribution in [2.24, 2.45) is 5.16 Å². The number of aliphatic carboxylic acids is 1.